The Morgan fingerprint density at radius 3 is 2.39 bits per heavy atom. The minimum atomic E-state index is 0.360. The molecule has 2 heterocycles. The summed E-state index contributed by atoms with van der Waals surface area (Å²) in [5, 5.41) is 13.9. The number of piperidine rings is 1. The molecule has 0 saturated carbocycles. The van der Waals surface area contributed by atoms with Crippen LogP contribution in [-0.4, -0.2) is 31.3 Å². The molecule has 0 amide bonds. The van der Waals surface area contributed by atoms with Gasteiger partial charge in [0.1, 0.15) is 5.75 Å². The van der Waals surface area contributed by atoms with E-state index in [2.05, 4.69) is 70.9 Å². The lowest BCUT2D eigenvalue weighted by atomic mass is 9.75. The monoisotopic (exact) mass is 478 g/mol. The van der Waals surface area contributed by atoms with Crippen LogP contribution in [0.15, 0.2) is 72.8 Å². The van der Waals surface area contributed by atoms with Crippen LogP contribution in [0.5, 0.6) is 5.75 Å². The van der Waals surface area contributed by atoms with E-state index in [1.54, 1.807) is 0 Å². The van der Waals surface area contributed by atoms with Crippen molar-refractivity contribution in [3.05, 3.63) is 95.1 Å². The summed E-state index contributed by atoms with van der Waals surface area (Å²) in [5.41, 5.74) is 9.68. The second-order valence-electron chi connectivity index (χ2n) is 11.1. The topological polar surface area (TPSA) is 35.5 Å². The van der Waals surface area contributed by atoms with Crippen molar-refractivity contribution in [3.8, 4) is 5.75 Å². The highest BCUT2D eigenvalue weighted by Gasteiger charge is 2.34. The number of phenolic OH excluding ortho intramolecular Hbond substituents is 1. The molecule has 2 aliphatic heterocycles. The molecule has 0 radical (unpaired) electrons. The molecule has 6 rings (SSSR count). The molecule has 3 nitrogen and oxygen atoms in total. The first-order chi connectivity index (χ1) is 17.7. The van der Waals surface area contributed by atoms with Crippen LogP contribution in [0, 0.1) is 5.41 Å². The van der Waals surface area contributed by atoms with Crippen molar-refractivity contribution in [1.82, 2.24) is 5.32 Å². The third kappa shape index (κ3) is 4.69. The lowest BCUT2D eigenvalue weighted by Crippen LogP contribution is -2.40. The molecule has 1 spiro atoms. The van der Waals surface area contributed by atoms with Crippen molar-refractivity contribution < 1.29 is 5.11 Å². The maximum absolute atomic E-state index is 10.2. The normalized spacial score (nSPS) is 22.7. The molecule has 3 aliphatic rings. The Morgan fingerprint density at radius 2 is 1.58 bits per heavy atom. The lowest BCUT2D eigenvalue weighted by Gasteiger charge is -2.37. The minimum Gasteiger partial charge on any atom is -0.508 e. The molecule has 36 heavy (non-hydrogen) atoms. The summed E-state index contributed by atoms with van der Waals surface area (Å²) in [7, 11) is 0. The van der Waals surface area contributed by atoms with Gasteiger partial charge < -0.3 is 15.3 Å². The smallest absolute Gasteiger partial charge is 0.115 e. The first-order valence-electron chi connectivity index (χ1n) is 13.9. The first-order valence-corrected chi connectivity index (χ1v) is 13.9. The van der Waals surface area contributed by atoms with Crippen molar-refractivity contribution in [2.24, 2.45) is 5.41 Å². The number of aromatic hydroxyl groups is 1. The summed E-state index contributed by atoms with van der Waals surface area (Å²) in [6.45, 7) is 4.70. The van der Waals surface area contributed by atoms with E-state index in [4.69, 9.17) is 0 Å². The quantitative estimate of drug-likeness (QED) is 0.423. The van der Waals surface area contributed by atoms with Gasteiger partial charge in [-0.05, 0) is 121 Å². The number of anilines is 1. The van der Waals surface area contributed by atoms with Gasteiger partial charge in [0.05, 0.1) is 0 Å². The summed E-state index contributed by atoms with van der Waals surface area (Å²) in [4.78, 5) is 2.61. The van der Waals surface area contributed by atoms with Gasteiger partial charge in [-0.2, -0.15) is 0 Å². The van der Waals surface area contributed by atoms with Crippen LogP contribution >= 0.6 is 0 Å². The van der Waals surface area contributed by atoms with Crippen LogP contribution in [0.4, 0.5) is 5.69 Å². The molecule has 2 fully saturated rings. The van der Waals surface area contributed by atoms with Gasteiger partial charge in [0, 0.05) is 25.3 Å². The van der Waals surface area contributed by atoms with Gasteiger partial charge >= 0.3 is 0 Å². The molecule has 0 bridgehead atoms. The number of benzene rings is 3. The number of hydrogen-bond donors (Lipinski definition) is 2. The average Bonchev–Trinajstić information content (AvgIpc) is 3.24. The molecule has 1 unspecified atom stereocenters. The second-order valence-corrected chi connectivity index (χ2v) is 11.1. The van der Waals surface area contributed by atoms with Crippen LogP contribution in [0.1, 0.15) is 67.2 Å². The number of allylic oxidation sites excluding steroid dienone is 1. The molecule has 2 saturated heterocycles. The van der Waals surface area contributed by atoms with Crippen molar-refractivity contribution in [2.75, 3.05) is 31.1 Å². The fraction of sp³-hybridized carbons (Fsp3) is 0.394. The fourth-order valence-corrected chi connectivity index (χ4v) is 6.84. The third-order valence-corrected chi connectivity index (χ3v) is 8.78. The van der Waals surface area contributed by atoms with E-state index in [1.165, 1.54) is 84.3 Å². The Bertz CT molecular complexity index is 1220. The van der Waals surface area contributed by atoms with E-state index >= 15 is 0 Å². The van der Waals surface area contributed by atoms with Gasteiger partial charge in [-0.3, -0.25) is 0 Å². The SMILES string of the molecule is Oc1ccc2c(c1)CCCC(c1ccccc1)=C2c1ccc(N2CCCC3(CCCNC3)CC2)cc1. The number of aryl methyl sites for hydroxylation is 1. The van der Waals surface area contributed by atoms with E-state index in [-0.39, 0.29) is 0 Å². The van der Waals surface area contributed by atoms with E-state index in [0.717, 1.165) is 32.4 Å². The van der Waals surface area contributed by atoms with Crippen molar-refractivity contribution in [2.45, 2.75) is 51.4 Å². The second kappa shape index (κ2) is 10.1. The van der Waals surface area contributed by atoms with E-state index < -0.39 is 0 Å². The summed E-state index contributed by atoms with van der Waals surface area (Å²) in [6.07, 6.45) is 9.76. The van der Waals surface area contributed by atoms with Crippen LogP contribution < -0.4 is 10.2 Å². The molecule has 2 N–H and O–H groups in total. The summed E-state index contributed by atoms with van der Waals surface area (Å²) in [6, 6.07) is 26.1. The van der Waals surface area contributed by atoms with Gasteiger partial charge in [0.2, 0.25) is 0 Å². The summed E-state index contributed by atoms with van der Waals surface area (Å²) >= 11 is 0. The number of phenols is 1. The largest absolute Gasteiger partial charge is 0.508 e. The van der Waals surface area contributed by atoms with Crippen molar-refractivity contribution in [1.29, 1.82) is 0 Å². The number of fused-ring (bicyclic) bond motifs is 1. The van der Waals surface area contributed by atoms with Crippen LogP contribution in [0.3, 0.4) is 0 Å². The molecular weight excluding hydrogens is 440 g/mol. The Labute approximate surface area is 215 Å². The third-order valence-electron chi connectivity index (χ3n) is 8.78. The van der Waals surface area contributed by atoms with Crippen LogP contribution in [0.2, 0.25) is 0 Å². The molecule has 1 atom stereocenters. The molecule has 3 aromatic rings. The zero-order valence-corrected chi connectivity index (χ0v) is 21.3. The molecule has 1 aliphatic carbocycles. The van der Waals surface area contributed by atoms with Gasteiger partial charge in [0.25, 0.3) is 0 Å². The van der Waals surface area contributed by atoms with Gasteiger partial charge in [-0.15, -0.1) is 0 Å². The summed E-state index contributed by atoms with van der Waals surface area (Å²) < 4.78 is 0. The highest BCUT2D eigenvalue weighted by Crippen LogP contribution is 2.42. The Morgan fingerprint density at radius 1 is 0.750 bits per heavy atom. The maximum Gasteiger partial charge on any atom is 0.115 e. The predicted octanol–water partition coefficient (Wildman–Crippen LogP) is 7.05. The average molecular weight is 479 g/mol. The zero-order valence-electron chi connectivity index (χ0n) is 21.3. The van der Waals surface area contributed by atoms with E-state index in [1.807, 2.05) is 12.1 Å². The van der Waals surface area contributed by atoms with Crippen LogP contribution in [0.25, 0.3) is 11.1 Å². The van der Waals surface area contributed by atoms with Gasteiger partial charge in [-0.1, -0.05) is 48.5 Å². The molecule has 0 aromatic heterocycles. The van der Waals surface area contributed by atoms with Crippen molar-refractivity contribution in [3.63, 3.8) is 0 Å². The Hall–Kier alpha value is -3.04. The molecule has 3 aromatic carbocycles. The highest BCUT2D eigenvalue weighted by atomic mass is 16.3. The maximum atomic E-state index is 10.2. The van der Waals surface area contributed by atoms with E-state index in [0.29, 0.717) is 11.2 Å². The van der Waals surface area contributed by atoms with Crippen LogP contribution in [-0.2, 0) is 6.42 Å². The number of rotatable bonds is 3. The minimum absolute atomic E-state index is 0.360. The molecule has 186 valence electrons. The predicted molar refractivity (Wildman–Crippen MR) is 150 cm³/mol. The van der Waals surface area contributed by atoms with Gasteiger partial charge in [-0.25, -0.2) is 0 Å². The number of nitrogens with one attached hydrogen (secondary N) is 1. The standard InChI is InChI=1S/C33H38N2O/c36-29-15-16-31-27(23-29)9-4-10-30(25-7-2-1-3-8-25)32(31)26-11-13-28(14-12-26)35-21-6-18-33(19-22-35)17-5-20-34-24-33/h1-3,7-8,11-16,23,34,36H,4-6,9-10,17-22,24H2. The van der Waals surface area contributed by atoms with E-state index in [9.17, 15) is 5.11 Å². The van der Waals surface area contributed by atoms with Gasteiger partial charge in [0.15, 0.2) is 0 Å². The Balaban J connectivity index is 1.34. The number of hydrogen-bond acceptors (Lipinski definition) is 3. The van der Waals surface area contributed by atoms with Crippen molar-refractivity contribution >= 4 is 16.8 Å². The zero-order chi connectivity index (χ0) is 24.4. The molecule has 3 heteroatoms. The first kappa shape index (κ1) is 23.4. The Kier molecular flexibility index (Phi) is 6.58. The summed E-state index contributed by atoms with van der Waals surface area (Å²) in [5.74, 6) is 0.360. The number of nitrogens with zero attached hydrogens (tertiary/aromatic N) is 1. The highest BCUT2D eigenvalue weighted by molar-refractivity contribution is 6.00. The fourth-order valence-electron chi connectivity index (χ4n) is 6.84. The lowest BCUT2D eigenvalue weighted by molar-refractivity contribution is 0.185. The molecular formula is C33H38N2O.